The van der Waals surface area contributed by atoms with Crippen LogP contribution in [-0.4, -0.2) is 55.5 Å². The molecule has 31 heavy (non-hydrogen) atoms. The Hall–Kier alpha value is -2.17. The first-order chi connectivity index (χ1) is 14.9. The number of nitrogens with one attached hydrogen (secondary N) is 1. The summed E-state index contributed by atoms with van der Waals surface area (Å²) < 4.78 is 39.8. The van der Waals surface area contributed by atoms with Gasteiger partial charge in [-0.3, -0.25) is 9.36 Å². The van der Waals surface area contributed by atoms with Gasteiger partial charge in [-0.05, 0) is 50.7 Å². The highest BCUT2D eigenvalue weighted by atomic mass is 32.2. The lowest BCUT2D eigenvalue weighted by molar-refractivity contribution is -0.122. The van der Waals surface area contributed by atoms with Crippen molar-refractivity contribution in [1.82, 2.24) is 14.2 Å². The van der Waals surface area contributed by atoms with Crippen molar-refractivity contribution < 1.29 is 22.4 Å². The summed E-state index contributed by atoms with van der Waals surface area (Å²) in [4.78, 5) is 24.2. The van der Waals surface area contributed by atoms with E-state index in [1.807, 2.05) is 6.92 Å². The van der Waals surface area contributed by atoms with E-state index >= 15 is 0 Å². The Morgan fingerprint density at radius 3 is 2.68 bits per heavy atom. The zero-order valence-electron chi connectivity index (χ0n) is 17.7. The van der Waals surface area contributed by atoms with Crippen LogP contribution < -0.4 is 11.1 Å². The molecule has 0 saturated carbocycles. The number of amides is 1. The Morgan fingerprint density at radius 2 is 2.00 bits per heavy atom. The number of benzene rings is 1. The summed E-state index contributed by atoms with van der Waals surface area (Å²) >= 11 is 0. The average Bonchev–Trinajstić information content (AvgIpc) is 3.38. The second kappa shape index (κ2) is 9.13. The van der Waals surface area contributed by atoms with Gasteiger partial charge in [0.2, 0.25) is 15.9 Å². The number of aryl methyl sites for hydroxylation is 1. The van der Waals surface area contributed by atoms with Gasteiger partial charge in [-0.15, -0.1) is 0 Å². The third kappa shape index (κ3) is 4.70. The Balaban J connectivity index is 1.34. The number of carbonyl (C=O) groups excluding carboxylic acids is 1. The highest BCUT2D eigenvalue weighted by molar-refractivity contribution is 7.89. The second-order valence-corrected chi connectivity index (χ2v) is 10.2. The Morgan fingerprint density at radius 1 is 1.23 bits per heavy atom. The zero-order valence-corrected chi connectivity index (χ0v) is 18.5. The number of fused-ring (bicyclic) bond motifs is 1. The van der Waals surface area contributed by atoms with Crippen LogP contribution in [0, 0.1) is 5.92 Å². The van der Waals surface area contributed by atoms with Crippen molar-refractivity contribution in [2.45, 2.75) is 56.6 Å². The van der Waals surface area contributed by atoms with Gasteiger partial charge in [0.25, 0.3) is 0 Å². The van der Waals surface area contributed by atoms with Gasteiger partial charge in [0.15, 0.2) is 5.58 Å². The van der Waals surface area contributed by atoms with E-state index in [1.165, 1.54) is 21.0 Å². The molecule has 2 aliphatic rings. The molecule has 1 amide bonds. The minimum atomic E-state index is -3.69. The SMILES string of the molecule is CCn1c(=O)oc2cc(S(=O)(=O)N3CCC(CC(=O)NC[C@H]4CCCO4)CC3)ccc21. The molecule has 9 nitrogen and oxygen atoms in total. The first kappa shape index (κ1) is 22.0. The molecule has 4 rings (SSSR count). The van der Waals surface area contributed by atoms with Crippen LogP contribution in [0.2, 0.25) is 0 Å². The summed E-state index contributed by atoms with van der Waals surface area (Å²) in [5.74, 6) is -0.335. The summed E-state index contributed by atoms with van der Waals surface area (Å²) in [6.45, 7) is 4.32. The normalized spacial score (nSPS) is 21.0. The molecule has 2 aromatic rings. The van der Waals surface area contributed by atoms with Gasteiger partial charge in [0, 0.05) is 45.3 Å². The molecule has 1 atom stereocenters. The summed E-state index contributed by atoms with van der Waals surface area (Å²) in [7, 11) is -3.69. The lowest BCUT2D eigenvalue weighted by atomic mass is 9.94. The van der Waals surface area contributed by atoms with Crippen LogP contribution in [0.15, 0.2) is 32.3 Å². The van der Waals surface area contributed by atoms with Crippen molar-refractivity contribution in [2.24, 2.45) is 5.92 Å². The third-order valence-electron chi connectivity index (χ3n) is 6.19. The number of aromatic nitrogens is 1. The fourth-order valence-corrected chi connectivity index (χ4v) is 5.86. The first-order valence-corrected chi connectivity index (χ1v) is 12.3. The van der Waals surface area contributed by atoms with E-state index in [1.54, 1.807) is 6.07 Å². The first-order valence-electron chi connectivity index (χ1n) is 10.9. The van der Waals surface area contributed by atoms with Gasteiger partial charge in [-0.1, -0.05) is 0 Å². The molecule has 3 heterocycles. The zero-order chi connectivity index (χ0) is 22.0. The van der Waals surface area contributed by atoms with Crippen LogP contribution in [0.25, 0.3) is 11.1 Å². The predicted octanol–water partition coefficient (Wildman–Crippen LogP) is 1.70. The molecular formula is C21H29N3O6S. The molecule has 10 heteroatoms. The van der Waals surface area contributed by atoms with Gasteiger partial charge in [-0.2, -0.15) is 4.31 Å². The van der Waals surface area contributed by atoms with E-state index in [-0.39, 0.29) is 28.4 Å². The topological polar surface area (TPSA) is 111 Å². The minimum absolute atomic E-state index is 0.00211. The number of hydrogen-bond donors (Lipinski definition) is 1. The molecule has 0 bridgehead atoms. The quantitative estimate of drug-likeness (QED) is 0.686. The van der Waals surface area contributed by atoms with Gasteiger partial charge < -0.3 is 14.5 Å². The average molecular weight is 452 g/mol. The van der Waals surface area contributed by atoms with Crippen molar-refractivity contribution in [2.75, 3.05) is 26.2 Å². The van der Waals surface area contributed by atoms with Crippen molar-refractivity contribution in [3.63, 3.8) is 0 Å². The molecule has 2 fully saturated rings. The van der Waals surface area contributed by atoms with Crippen molar-refractivity contribution in [3.8, 4) is 0 Å². The van der Waals surface area contributed by atoms with Crippen LogP contribution in [0.3, 0.4) is 0 Å². The van der Waals surface area contributed by atoms with E-state index < -0.39 is 15.8 Å². The van der Waals surface area contributed by atoms with Crippen molar-refractivity contribution in [1.29, 1.82) is 0 Å². The summed E-state index contributed by atoms with van der Waals surface area (Å²) in [6, 6.07) is 4.55. The molecule has 170 valence electrons. The fourth-order valence-electron chi connectivity index (χ4n) is 4.38. The van der Waals surface area contributed by atoms with Crippen LogP contribution in [0.4, 0.5) is 0 Å². The minimum Gasteiger partial charge on any atom is -0.408 e. The number of carbonyl (C=O) groups is 1. The molecule has 0 unspecified atom stereocenters. The molecule has 0 radical (unpaired) electrons. The maximum Gasteiger partial charge on any atom is 0.419 e. The molecule has 2 saturated heterocycles. The van der Waals surface area contributed by atoms with Gasteiger partial charge >= 0.3 is 5.76 Å². The van der Waals surface area contributed by atoms with Crippen LogP contribution >= 0.6 is 0 Å². The molecule has 1 aromatic carbocycles. The van der Waals surface area contributed by atoms with E-state index in [0.717, 1.165) is 19.4 Å². The molecule has 1 aromatic heterocycles. The highest BCUT2D eigenvalue weighted by Gasteiger charge is 2.31. The fraction of sp³-hybridized carbons (Fsp3) is 0.619. The number of hydrogen-bond acceptors (Lipinski definition) is 6. The Labute approximate surface area is 181 Å². The van der Waals surface area contributed by atoms with E-state index in [4.69, 9.17) is 9.15 Å². The summed E-state index contributed by atoms with van der Waals surface area (Å²) in [5, 5.41) is 2.93. The molecule has 2 aliphatic heterocycles. The number of nitrogens with zero attached hydrogens (tertiary/aromatic N) is 2. The molecule has 0 aliphatic carbocycles. The maximum absolute atomic E-state index is 13.1. The smallest absolute Gasteiger partial charge is 0.408 e. The number of ether oxygens (including phenoxy) is 1. The number of piperidine rings is 1. The lowest BCUT2D eigenvalue weighted by Crippen LogP contribution is -2.40. The van der Waals surface area contributed by atoms with Gasteiger partial charge in [0.05, 0.1) is 16.5 Å². The Bertz CT molecular complexity index is 1090. The summed E-state index contributed by atoms with van der Waals surface area (Å²) in [5.41, 5.74) is 0.852. The Kier molecular flexibility index (Phi) is 6.49. The molecular weight excluding hydrogens is 422 g/mol. The van der Waals surface area contributed by atoms with Crippen LogP contribution in [-0.2, 0) is 26.1 Å². The molecule has 0 spiro atoms. The maximum atomic E-state index is 13.1. The highest BCUT2D eigenvalue weighted by Crippen LogP contribution is 2.27. The molecule has 1 N–H and O–H groups in total. The van der Waals surface area contributed by atoms with Gasteiger partial charge in [-0.25, -0.2) is 13.2 Å². The van der Waals surface area contributed by atoms with Crippen molar-refractivity contribution in [3.05, 3.63) is 28.7 Å². The monoisotopic (exact) mass is 451 g/mol. The van der Waals surface area contributed by atoms with E-state index in [9.17, 15) is 18.0 Å². The second-order valence-electron chi connectivity index (χ2n) is 8.23. The lowest BCUT2D eigenvalue weighted by Gasteiger charge is -2.31. The number of oxazole rings is 1. The van der Waals surface area contributed by atoms with Crippen molar-refractivity contribution >= 4 is 27.0 Å². The number of rotatable bonds is 7. The van der Waals surface area contributed by atoms with Crippen LogP contribution in [0.5, 0.6) is 0 Å². The van der Waals surface area contributed by atoms with Crippen LogP contribution in [0.1, 0.15) is 39.0 Å². The number of sulfonamides is 1. The van der Waals surface area contributed by atoms with E-state index in [0.29, 0.717) is 51.0 Å². The summed E-state index contributed by atoms with van der Waals surface area (Å²) in [6.07, 6.45) is 3.81. The predicted molar refractivity (Wildman–Crippen MR) is 114 cm³/mol. The largest absolute Gasteiger partial charge is 0.419 e. The third-order valence-corrected chi connectivity index (χ3v) is 8.09. The standard InChI is InChI=1S/C21H29N3O6S/c1-2-24-18-6-5-17(13-19(18)30-21(24)26)31(27,28)23-9-7-15(8-10-23)12-20(25)22-14-16-4-3-11-29-16/h5-6,13,15-16H,2-4,7-12,14H2,1H3,(H,22,25)/t16-/m1/s1. The van der Waals surface area contributed by atoms with Gasteiger partial charge in [0.1, 0.15) is 0 Å². The van der Waals surface area contributed by atoms with E-state index in [2.05, 4.69) is 5.32 Å².